The summed E-state index contributed by atoms with van der Waals surface area (Å²) < 4.78 is 5.94. The molecule has 76 valence electrons. The first-order chi connectivity index (χ1) is 6.63. The maximum absolute atomic E-state index is 5.94. The van der Waals surface area contributed by atoms with E-state index >= 15 is 0 Å². The maximum Gasteiger partial charge on any atom is 0.123 e. The van der Waals surface area contributed by atoms with Crippen molar-refractivity contribution in [3.63, 3.8) is 0 Å². The molecular formula is C12H17NO. The molecule has 1 aliphatic heterocycles. The number of nitrogens with two attached hydrogens (primary N) is 1. The smallest absolute Gasteiger partial charge is 0.123 e. The quantitative estimate of drug-likeness (QED) is 0.736. The zero-order valence-electron chi connectivity index (χ0n) is 8.79. The van der Waals surface area contributed by atoms with Gasteiger partial charge in [0.05, 0.1) is 0 Å². The van der Waals surface area contributed by atoms with Gasteiger partial charge in [-0.1, -0.05) is 18.2 Å². The number of para-hydroxylation sites is 1. The first kappa shape index (κ1) is 9.53. The summed E-state index contributed by atoms with van der Waals surface area (Å²) in [5.74, 6) is 1.43. The number of rotatable bonds is 1. The van der Waals surface area contributed by atoms with Gasteiger partial charge in [-0.05, 0) is 38.4 Å². The highest BCUT2D eigenvalue weighted by Crippen LogP contribution is 2.35. The molecular weight excluding hydrogens is 174 g/mol. The van der Waals surface area contributed by atoms with Crippen molar-refractivity contribution in [1.29, 1.82) is 0 Å². The first-order valence-corrected chi connectivity index (χ1v) is 5.10. The van der Waals surface area contributed by atoms with E-state index in [-0.39, 0.29) is 5.60 Å². The minimum absolute atomic E-state index is 0.136. The van der Waals surface area contributed by atoms with Gasteiger partial charge >= 0.3 is 0 Å². The van der Waals surface area contributed by atoms with Gasteiger partial charge < -0.3 is 10.5 Å². The van der Waals surface area contributed by atoms with Gasteiger partial charge in [0.15, 0.2) is 0 Å². The Balaban J connectivity index is 2.35. The molecule has 0 bridgehead atoms. The molecule has 1 aliphatic rings. The maximum atomic E-state index is 5.94. The van der Waals surface area contributed by atoms with Crippen molar-refractivity contribution in [2.75, 3.05) is 6.54 Å². The van der Waals surface area contributed by atoms with Crippen LogP contribution in [0, 0.1) is 5.92 Å². The van der Waals surface area contributed by atoms with Gasteiger partial charge in [-0.15, -0.1) is 0 Å². The predicted octanol–water partition coefficient (Wildman–Crippen LogP) is 1.98. The Morgan fingerprint density at radius 3 is 2.86 bits per heavy atom. The molecule has 1 aromatic carbocycles. The molecule has 0 fully saturated rings. The highest BCUT2D eigenvalue weighted by molar-refractivity contribution is 5.36. The van der Waals surface area contributed by atoms with Crippen molar-refractivity contribution in [2.45, 2.75) is 25.9 Å². The molecule has 2 nitrogen and oxygen atoms in total. The molecule has 0 saturated carbocycles. The van der Waals surface area contributed by atoms with Crippen molar-refractivity contribution in [3.8, 4) is 5.75 Å². The van der Waals surface area contributed by atoms with Gasteiger partial charge in [0, 0.05) is 5.92 Å². The molecule has 0 aromatic heterocycles. The summed E-state index contributed by atoms with van der Waals surface area (Å²) in [6.07, 6.45) is 1.03. The van der Waals surface area contributed by atoms with Crippen molar-refractivity contribution < 1.29 is 4.74 Å². The Kier molecular flexibility index (Phi) is 2.23. The van der Waals surface area contributed by atoms with Crippen LogP contribution in [0.1, 0.15) is 19.4 Å². The van der Waals surface area contributed by atoms with Crippen molar-refractivity contribution in [1.82, 2.24) is 0 Å². The second kappa shape index (κ2) is 3.28. The van der Waals surface area contributed by atoms with Crippen LogP contribution in [0.15, 0.2) is 24.3 Å². The van der Waals surface area contributed by atoms with Crippen LogP contribution in [0.3, 0.4) is 0 Å². The largest absolute Gasteiger partial charge is 0.487 e. The van der Waals surface area contributed by atoms with E-state index < -0.39 is 0 Å². The monoisotopic (exact) mass is 191 g/mol. The van der Waals surface area contributed by atoms with Gasteiger partial charge in [0.2, 0.25) is 0 Å². The lowest BCUT2D eigenvalue weighted by molar-refractivity contribution is 0.0310. The molecule has 0 amide bonds. The molecule has 1 heterocycles. The summed E-state index contributed by atoms with van der Waals surface area (Å²) in [7, 11) is 0. The average Bonchev–Trinajstić information content (AvgIpc) is 2.15. The third-order valence-corrected chi connectivity index (χ3v) is 3.08. The molecule has 0 spiro atoms. The summed E-state index contributed by atoms with van der Waals surface area (Å²) in [6.45, 7) is 4.91. The van der Waals surface area contributed by atoms with E-state index in [1.807, 2.05) is 18.2 Å². The van der Waals surface area contributed by atoms with Gasteiger partial charge in [0.1, 0.15) is 11.4 Å². The van der Waals surface area contributed by atoms with E-state index in [1.54, 1.807) is 0 Å². The van der Waals surface area contributed by atoms with Crippen molar-refractivity contribution in [3.05, 3.63) is 29.8 Å². The van der Waals surface area contributed by atoms with Gasteiger partial charge in [-0.2, -0.15) is 0 Å². The van der Waals surface area contributed by atoms with Gasteiger partial charge in [-0.3, -0.25) is 0 Å². The third-order valence-electron chi connectivity index (χ3n) is 3.08. The van der Waals surface area contributed by atoms with Crippen molar-refractivity contribution in [2.24, 2.45) is 11.7 Å². The molecule has 14 heavy (non-hydrogen) atoms. The van der Waals surface area contributed by atoms with E-state index in [4.69, 9.17) is 10.5 Å². The Morgan fingerprint density at radius 2 is 2.14 bits per heavy atom. The zero-order chi connectivity index (χ0) is 10.2. The van der Waals surface area contributed by atoms with E-state index in [2.05, 4.69) is 19.9 Å². The van der Waals surface area contributed by atoms with E-state index in [9.17, 15) is 0 Å². The number of ether oxygens (including phenoxy) is 1. The molecule has 0 aliphatic carbocycles. The summed E-state index contributed by atoms with van der Waals surface area (Å²) in [4.78, 5) is 0. The van der Waals surface area contributed by atoms with Crippen LogP contribution >= 0.6 is 0 Å². The van der Waals surface area contributed by atoms with Crippen LogP contribution in [0.25, 0.3) is 0 Å². The fourth-order valence-electron chi connectivity index (χ4n) is 2.02. The minimum atomic E-state index is -0.136. The average molecular weight is 191 g/mol. The third kappa shape index (κ3) is 1.50. The molecule has 2 heteroatoms. The lowest BCUT2D eigenvalue weighted by Gasteiger charge is -2.39. The number of fused-ring (bicyclic) bond motifs is 1. The number of benzene rings is 1. The van der Waals surface area contributed by atoms with E-state index in [1.165, 1.54) is 5.56 Å². The van der Waals surface area contributed by atoms with Crippen LogP contribution in [0.5, 0.6) is 5.75 Å². The molecule has 0 saturated heterocycles. The highest BCUT2D eigenvalue weighted by Gasteiger charge is 2.35. The van der Waals surface area contributed by atoms with Crippen molar-refractivity contribution >= 4 is 0 Å². The molecule has 1 aromatic rings. The van der Waals surface area contributed by atoms with Crippen LogP contribution in [-0.2, 0) is 6.42 Å². The summed E-state index contributed by atoms with van der Waals surface area (Å²) in [6, 6.07) is 8.21. The minimum Gasteiger partial charge on any atom is -0.487 e. The standard InChI is InChI=1S/C12H17NO/c1-12(2)10(8-13)7-9-5-3-4-6-11(9)14-12/h3-6,10H,7-8,13H2,1-2H3. The fourth-order valence-corrected chi connectivity index (χ4v) is 2.02. The molecule has 2 rings (SSSR count). The normalized spacial score (nSPS) is 23.8. The van der Waals surface area contributed by atoms with Gasteiger partial charge in [-0.25, -0.2) is 0 Å². The fraction of sp³-hybridized carbons (Fsp3) is 0.500. The van der Waals surface area contributed by atoms with Crippen LogP contribution in [-0.4, -0.2) is 12.1 Å². The summed E-state index contributed by atoms with van der Waals surface area (Å²) in [5.41, 5.74) is 6.90. The Labute approximate surface area is 85.1 Å². The lowest BCUT2D eigenvalue weighted by Crippen LogP contribution is -2.45. The van der Waals surface area contributed by atoms with E-state index in [0.29, 0.717) is 12.5 Å². The zero-order valence-corrected chi connectivity index (χ0v) is 8.79. The topological polar surface area (TPSA) is 35.2 Å². The van der Waals surface area contributed by atoms with Crippen LogP contribution in [0.2, 0.25) is 0 Å². The molecule has 1 unspecified atom stereocenters. The Hall–Kier alpha value is -1.02. The predicted molar refractivity (Wildman–Crippen MR) is 57.4 cm³/mol. The van der Waals surface area contributed by atoms with E-state index in [0.717, 1.165) is 12.2 Å². The SMILES string of the molecule is CC1(C)Oc2ccccc2CC1CN. The Morgan fingerprint density at radius 1 is 1.43 bits per heavy atom. The number of hydrogen-bond donors (Lipinski definition) is 1. The second-order valence-electron chi connectivity index (χ2n) is 4.45. The lowest BCUT2D eigenvalue weighted by atomic mass is 9.82. The highest BCUT2D eigenvalue weighted by atomic mass is 16.5. The first-order valence-electron chi connectivity index (χ1n) is 5.10. The Bertz CT molecular complexity index is 333. The second-order valence-corrected chi connectivity index (χ2v) is 4.45. The van der Waals surface area contributed by atoms with Gasteiger partial charge in [0.25, 0.3) is 0 Å². The summed E-state index contributed by atoms with van der Waals surface area (Å²) >= 11 is 0. The van der Waals surface area contributed by atoms with Crippen LogP contribution < -0.4 is 10.5 Å². The molecule has 0 radical (unpaired) electrons. The van der Waals surface area contributed by atoms with Crippen LogP contribution in [0.4, 0.5) is 0 Å². The molecule has 1 atom stereocenters. The summed E-state index contributed by atoms with van der Waals surface area (Å²) in [5, 5.41) is 0. The number of hydrogen-bond acceptors (Lipinski definition) is 2. The molecule has 2 N–H and O–H groups in total.